The normalized spacial score (nSPS) is 37.3. The zero-order chi connectivity index (χ0) is 9.19. The zero-order valence-corrected chi connectivity index (χ0v) is 7.12. The van der Waals surface area contributed by atoms with E-state index in [0.717, 1.165) is 26.2 Å². The lowest BCUT2D eigenvalue weighted by Crippen LogP contribution is -2.17. The van der Waals surface area contributed by atoms with Crippen molar-refractivity contribution in [3.05, 3.63) is 0 Å². The first-order chi connectivity index (χ1) is 5.54. The van der Waals surface area contributed by atoms with Crippen LogP contribution in [-0.4, -0.2) is 28.1 Å². The van der Waals surface area contributed by atoms with Crippen LogP contribution in [0.25, 0.3) is 0 Å². The Morgan fingerprint density at radius 2 is 2.17 bits per heavy atom. The summed E-state index contributed by atoms with van der Waals surface area (Å²) in [5, 5.41) is 16.6. The second-order valence-electron chi connectivity index (χ2n) is 3.22. The van der Waals surface area contributed by atoms with Crippen molar-refractivity contribution in [3.8, 4) is 0 Å². The predicted molar refractivity (Wildman–Crippen MR) is 41.6 cm³/mol. The van der Waals surface area contributed by atoms with E-state index in [9.17, 15) is 5.11 Å². The highest BCUT2D eigenvalue weighted by Gasteiger charge is 2.55. The summed E-state index contributed by atoms with van der Waals surface area (Å²) >= 11 is 0. The van der Waals surface area contributed by atoms with E-state index in [4.69, 9.17) is 14.6 Å². The Balaban J connectivity index is 0.000000157. The minimum absolute atomic E-state index is 0.205. The molecule has 2 unspecified atom stereocenters. The Kier molecular flexibility index (Phi) is 2.69. The van der Waals surface area contributed by atoms with Crippen LogP contribution >= 0.6 is 0 Å². The molecule has 1 heterocycles. The lowest BCUT2D eigenvalue weighted by atomic mass is 9.98. The van der Waals surface area contributed by atoms with Gasteiger partial charge in [-0.25, -0.2) is 0 Å². The number of carboxylic acids is 1. The molecule has 1 aliphatic carbocycles. The van der Waals surface area contributed by atoms with E-state index in [1.807, 2.05) is 0 Å². The molecule has 2 aliphatic rings. The highest BCUT2D eigenvalue weighted by Crippen LogP contribution is 2.45. The van der Waals surface area contributed by atoms with E-state index < -0.39 is 11.8 Å². The molecule has 0 spiro atoms. The van der Waals surface area contributed by atoms with Gasteiger partial charge in [0.1, 0.15) is 6.10 Å². The fourth-order valence-corrected chi connectivity index (χ4v) is 1.42. The smallest absolute Gasteiger partial charge is 0.300 e. The quantitative estimate of drug-likeness (QED) is 0.531. The van der Waals surface area contributed by atoms with Gasteiger partial charge in [-0.1, -0.05) is 6.42 Å². The maximum absolute atomic E-state index is 9.23. The molecule has 70 valence electrons. The van der Waals surface area contributed by atoms with E-state index in [1.165, 1.54) is 6.42 Å². The maximum Gasteiger partial charge on any atom is 0.300 e. The van der Waals surface area contributed by atoms with Crippen LogP contribution in [0.1, 0.15) is 32.6 Å². The third kappa shape index (κ3) is 2.46. The molecule has 2 rings (SSSR count). The number of fused-ring (bicyclic) bond motifs is 1. The number of hydrogen-bond acceptors (Lipinski definition) is 3. The number of carbonyl (C=O) groups is 1. The average molecular weight is 174 g/mol. The molecule has 2 fully saturated rings. The molecule has 0 radical (unpaired) electrons. The fraction of sp³-hybridized carbons (Fsp3) is 0.875. The first kappa shape index (κ1) is 9.48. The molecule has 0 aromatic heterocycles. The third-order valence-electron chi connectivity index (χ3n) is 2.04. The Hall–Kier alpha value is -0.610. The van der Waals surface area contributed by atoms with Gasteiger partial charge >= 0.3 is 0 Å². The SMILES string of the molecule is CC(=O)O.OC12CCCCC1O2. The summed E-state index contributed by atoms with van der Waals surface area (Å²) < 4.78 is 5.02. The van der Waals surface area contributed by atoms with Gasteiger partial charge in [-0.15, -0.1) is 0 Å². The van der Waals surface area contributed by atoms with Crippen molar-refractivity contribution in [2.45, 2.75) is 44.5 Å². The lowest BCUT2D eigenvalue weighted by molar-refractivity contribution is -0.134. The van der Waals surface area contributed by atoms with Crippen molar-refractivity contribution in [3.63, 3.8) is 0 Å². The van der Waals surface area contributed by atoms with Crippen LogP contribution in [0.4, 0.5) is 0 Å². The van der Waals surface area contributed by atoms with Gasteiger partial charge < -0.3 is 14.9 Å². The lowest BCUT2D eigenvalue weighted by Gasteiger charge is -2.08. The highest BCUT2D eigenvalue weighted by atomic mass is 16.7. The van der Waals surface area contributed by atoms with Crippen LogP contribution in [0.5, 0.6) is 0 Å². The largest absolute Gasteiger partial charge is 0.481 e. The van der Waals surface area contributed by atoms with Gasteiger partial charge in [0, 0.05) is 13.3 Å². The summed E-state index contributed by atoms with van der Waals surface area (Å²) in [6, 6.07) is 0. The van der Waals surface area contributed by atoms with Gasteiger partial charge in [0.2, 0.25) is 0 Å². The fourth-order valence-electron chi connectivity index (χ4n) is 1.42. The number of carboxylic acid groups (broad SMARTS) is 1. The van der Waals surface area contributed by atoms with Crippen LogP contribution < -0.4 is 0 Å². The maximum atomic E-state index is 9.23. The molecule has 0 bridgehead atoms. The minimum atomic E-state index is -0.833. The van der Waals surface area contributed by atoms with Crippen LogP contribution in [0.2, 0.25) is 0 Å². The van der Waals surface area contributed by atoms with Crippen molar-refractivity contribution < 1.29 is 19.7 Å². The second kappa shape index (κ2) is 3.41. The summed E-state index contributed by atoms with van der Waals surface area (Å²) in [7, 11) is 0. The summed E-state index contributed by atoms with van der Waals surface area (Å²) in [5.41, 5.74) is 0. The minimum Gasteiger partial charge on any atom is -0.481 e. The molecule has 0 aromatic carbocycles. The molecule has 2 atom stereocenters. The van der Waals surface area contributed by atoms with E-state index in [0.29, 0.717) is 0 Å². The van der Waals surface area contributed by atoms with Crippen LogP contribution in [0.15, 0.2) is 0 Å². The molecule has 1 saturated heterocycles. The predicted octanol–water partition coefficient (Wildman–Crippen LogP) is 0.739. The standard InChI is InChI=1S/C6H10O2.C2H4O2/c7-6-4-2-1-3-5(6)8-6;1-2(3)4/h5,7H,1-4H2;1H3,(H,3,4). The number of hydrogen-bond donors (Lipinski definition) is 2. The summed E-state index contributed by atoms with van der Waals surface area (Å²) in [5.74, 6) is -1.49. The van der Waals surface area contributed by atoms with Crippen molar-refractivity contribution in [1.29, 1.82) is 0 Å². The molecule has 1 saturated carbocycles. The van der Waals surface area contributed by atoms with Crippen molar-refractivity contribution in [1.82, 2.24) is 0 Å². The molecule has 0 aromatic rings. The van der Waals surface area contributed by atoms with Gasteiger partial charge in [-0.3, -0.25) is 4.79 Å². The first-order valence-corrected chi connectivity index (χ1v) is 4.14. The summed E-state index contributed by atoms with van der Waals surface area (Å²) in [6.45, 7) is 1.08. The average Bonchev–Trinajstić information content (AvgIpc) is 2.58. The van der Waals surface area contributed by atoms with Crippen molar-refractivity contribution >= 4 is 5.97 Å². The van der Waals surface area contributed by atoms with E-state index in [-0.39, 0.29) is 6.10 Å². The number of aliphatic carboxylic acids is 1. The molecular formula is C8H14O4. The van der Waals surface area contributed by atoms with E-state index in [2.05, 4.69) is 0 Å². The monoisotopic (exact) mass is 174 g/mol. The number of ether oxygens (including phenoxy) is 1. The van der Waals surface area contributed by atoms with E-state index in [1.54, 1.807) is 0 Å². The van der Waals surface area contributed by atoms with Crippen LogP contribution in [0.3, 0.4) is 0 Å². The van der Waals surface area contributed by atoms with E-state index >= 15 is 0 Å². The number of epoxide rings is 1. The molecule has 0 amide bonds. The molecule has 1 aliphatic heterocycles. The Bertz CT molecular complexity index is 174. The Labute approximate surface area is 71.2 Å². The van der Waals surface area contributed by atoms with Crippen molar-refractivity contribution in [2.75, 3.05) is 0 Å². The van der Waals surface area contributed by atoms with Crippen LogP contribution in [-0.2, 0) is 9.53 Å². The molecule has 4 heteroatoms. The molecule has 12 heavy (non-hydrogen) atoms. The number of aliphatic hydroxyl groups is 1. The molecule has 4 nitrogen and oxygen atoms in total. The third-order valence-corrected chi connectivity index (χ3v) is 2.04. The van der Waals surface area contributed by atoms with Gasteiger partial charge in [-0.05, 0) is 12.8 Å². The first-order valence-electron chi connectivity index (χ1n) is 4.14. The van der Waals surface area contributed by atoms with Gasteiger partial charge in [0.25, 0.3) is 5.97 Å². The Morgan fingerprint density at radius 3 is 2.50 bits per heavy atom. The van der Waals surface area contributed by atoms with Crippen LogP contribution in [0, 0.1) is 0 Å². The van der Waals surface area contributed by atoms with Gasteiger partial charge in [0.05, 0.1) is 0 Å². The van der Waals surface area contributed by atoms with Gasteiger partial charge in [-0.2, -0.15) is 0 Å². The number of rotatable bonds is 0. The van der Waals surface area contributed by atoms with Gasteiger partial charge in [0.15, 0.2) is 5.79 Å². The van der Waals surface area contributed by atoms with Crippen molar-refractivity contribution in [2.24, 2.45) is 0 Å². The molecule has 2 N–H and O–H groups in total. The topological polar surface area (TPSA) is 70.1 Å². The molecular weight excluding hydrogens is 160 g/mol. The Morgan fingerprint density at radius 1 is 1.58 bits per heavy atom. The highest BCUT2D eigenvalue weighted by molar-refractivity contribution is 5.62. The second-order valence-corrected chi connectivity index (χ2v) is 3.22. The zero-order valence-electron chi connectivity index (χ0n) is 7.12. The summed E-state index contributed by atoms with van der Waals surface area (Å²) in [6.07, 6.45) is 4.49. The summed E-state index contributed by atoms with van der Waals surface area (Å²) in [4.78, 5) is 9.00.